The monoisotopic (exact) mass is 306 g/mol. The molecule has 1 aromatic heterocycles. The third kappa shape index (κ3) is 3.61. The van der Waals surface area contributed by atoms with E-state index in [1.807, 2.05) is 10.9 Å². The van der Waals surface area contributed by atoms with Crippen LogP contribution in [-0.4, -0.2) is 24.3 Å². The van der Waals surface area contributed by atoms with Crippen LogP contribution in [0.25, 0.3) is 0 Å². The maximum absolute atomic E-state index is 12.2. The molecule has 0 bridgehead atoms. The Bertz CT molecular complexity index is 760. The van der Waals surface area contributed by atoms with Crippen LogP contribution in [0.15, 0.2) is 41.7 Å². The number of carbonyl (C=O) groups is 1. The lowest BCUT2D eigenvalue weighted by Gasteiger charge is -2.10. The quantitative estimate of drug-likeness (QED) is 0.810. The van der Waals surface area contributed by atoms with E-state index in [0.717, 1.165) is 5.56 Å². The molecule has 8 heteroatoms. The van der Waals surface area contributed by atoms with Gasteiger partial charge in [0, 0.05) is 12.4 Å². The summed E-state index contributed by atoms with van der Waals surface area (Å²) < 4.78 is 24.4. The number of nitrogens with zero attached hydrogens (tertiary/aromatic N) is 2. The summed E-state index contributed by atoms with van der Waals surface area (Å²) in [6, 6.07) is 5.05. The largest absolute Gasteiger partial charge is 0.286 e. The molecule has 0 aliphatic carbocycles. The predicted octanol–water partition coefficient (Wildman–Crippen LogP) is 0.717. The highest BCUT2D eigenvalue weighted by molar-refractivity contribution is 7.89. The van der Waals surface area contributed by atoms with Gasteiger partial charge in [-0.1, -0.05) is 12.1 Å². The molecule has 2 aromatic rings. The highest BCUT2D eigenvalue weighted by Crippen LogP contribution is 2.15. The number of rotatable bonds is 4. The number of aryl methyl sites for hydroxylation is 2. The van der Waals surface area contributed by atoms with Crippen LogP contribution in [0.2, 0.25) is 0 Å². The van der Waals surface area contributed by atoms with Gasteiger partial charge >= 0.3 is 0 Å². The van der Waals surface area contributed by atoms with E-state index < -0.39 is 15.9 Å². The number of carbonyl (C=O) groups excluding carboxylic acids is 1. The zero-order valence-electron chi connectivity index (χ0n) is 11.5. The molecule has 0 aliphatic heterocycles. The Labute approximate surface area is 122 Å². The van der Waals surface area contributed by atoms with Gasteiger partial charge < -0.3 is 0 Å². The molecule has 2 N–H and O–H groups in total. The molecule has 0 radical (unpaired) electrons. The summed E-state index contributed by atoms with van der Waals surface area (Å²) >= 11 is 0. The second-order valence-corrected chi connectivity index (χ2v) is 6.07. The molecule has 0 atom stereocenters. The average Bonchev–Trinajstić information content (AvgIpc) is 2.48. The average molecular weight is 306 g/mol. The number of hydrazine groups is 1. The molecule has 7 nitrogen and oxygen atoms in total. The number of benzene rings is 1. The summed E-state index contributed by atoms with van der Waals surface area (Å²) in [7, 11) is -3.85. The number of nitrogens with one attached hydrogen (secondary N) is 2. The Morgan fingerprint density at radius 3 is 2.62 bits per heavy atom. The third-order valence-corrected chi connectivity index (χ3v) is 4.12. The summed E-state index contributed by atoms with van der Waals surface area (Å²) in [5.74, 6) is -0.683. The predicted molar refractivity (Wildman–Crippen MR) is 75.7 cm³/mol. The van der Waals surface area contributed by atoms with E-state index in [2.05, 4.69) is 15.4 Å². The van der Waals surface area contributed by atoms with Crippen LogP contribution in [0, 0.1) is 13.8 Å². The Morgan fingerprint density at radius 1 is 1.19 bits per heavy atom. The van der Waals surface area contributed by atoms with Crippen molar-refractivity contribution in [1.29, 1.82) is 0 Å². The minimum atomic E-state index is -3.85. The molecule has 21 heavy (non-hydrogen) atoms. The molecular weight excluding hydrogens is 292 g/mol. The number of hydrogen-bond acceptors (Lipinski definition) is 5. The lowest BCUT2D eigenvalue weighted by molar-refractivity contribution is 0.0939. The summed E-state index contributed by atoms with van der Waals surface area (Å²) in [5.41, 5.74) is 3.51. The number of hydrogen-bond donors (Lipinski definition) is 2. The Kier molecular flexibility index (Phi) is 4.29. The zero-order chi connectivity index (χ0) is 15.5. The lowest BCUT2D eigenvalue weighted by Crippen LogP contribution is -2.42. The molecule has 1 aromatic carbocycles. The van der Waals surface area contributed by atoms with Gasteiger partial charge in [-0.05, 0) is 31.0 Å². The van der Waals surface area contributed by atoms with Gasteiger partial charge in [-0.15, -0.1) is 4.83 Å². The maximum atomic E-state index is 12.2. The van der Waals surface area contributed by atoms with Crippen LogP contribution < -0.4 is 10.3 Å². The molecule has 1 amide bonds. The SMILES string of the molecule is Cc1ccc(C)c(S(=O)(=O)NNC(=O)c2cnccn2)c1. The summed E-state index contributed by atoms with van der Waals surface area (Å²) in [6.45, 7) is 3.47. The van der Waals surface area contributed by atoms with Crippen molar-refractivity contribution in [1.82, 2.24) is 20.2 Å². The first-order valence-electron chi connectivity index (χ1n) is 6.05. The topological polar surface area (TPSA) is 101 Å². The second-order valence-electron chi connectivity index (χ2n) is 4.42. The Balaban J connectivity index is 2.15. The highest BCUT2D eigenvalue weighted by atomic mass is 32.2. The minimum Gasteiger partial charge on any atom is -0.272 e. The van der Waals surface area contributed by atoms with Crippen molar-refractivity contribution in [2.24, 2.45) is 0 Å². The van der Waals surface area contributed by atoms with Gasteiger partial charge in [0.2, 0.25) is 0 Å². The first kappa shape index (κ1) is 15.1. The molecule has 0 saturated heterocycles. The number of aromatic nitrogens is 2. The van der Waals surface area contributed by atoms with Crippen LogP contribution >= 0.6 is 0 Å². The fourth-order valence-electron chi connectivity index (χ4n) is 1.65. The fourth-order valence-corrected chi connectivity index (χ4v) is 2.82. The van der Waals surface area contributed by atoms with Gasteiger partial charge in [-0.25, -0.2) is 13.4 Å². The van der Waals surface area contributed by atoms with Gasteiger partial charge in [-0.2, -0.15) is 0 Å². The lowest BCUT2D eigenvalue weighted by atomic mass is 10.2. The molecule has 2 rings (SSSR count). The number of sulfonamides is 1. The summed E-state index contributed by atoms with van der Waals surface area (Å²) in [5, 5.41) is 0. The van der Waals surface area contributed by atoms with E-state index in [4.69, 9.17) is 0 Å². The molecule has 0 spiro atoms. The van der Waals surface area contributed by atoms with Gasteiger partial charge in [0.15, 0.2) is 0 Å². The van der Waals surface area contributed by atoms with E-state index in [9.17, 15) is 13.2 Å². The van der Waals surface area contributed by atoms with Crippen molar-refractivity contribution < 1.29 is 13.2 Å². The van der Waals surface area contributed by atoms with Crippen molar-refractivity contribution in [2.75, 3.05) is 0 Å². The molecule has 0 unspecified atom stereocenters. The van der Waals surface area contributed by atoms with Crippen molar-refractivity contribution in [3.05, 3.63) is 53.6 Å². The summed E-state index contributed by atoms with van der Waals surface area (Å²) in [6.07, 6.45) is 3.99. The fraction of sp³-hybridized carbons (Fsp3) is 0.154. The number of amides is 1. The van der Waals surface area contributed by atoms with E-state index in [-0.39, 0.29) is 10.6 Å². The van der Waals surface area contributed by atoms with E-state index >= 15 is 0 Å². The smallest absolute Gasteiger partial charge is 0.272 e. The first-order valence-corrected chi connectivity index (χ1v) is 7.54. The summed E-state index contributed by atoms with van der Waals surface area (Å²) in [4.78, 5) is 21.4. The van der Waals surface area contributed by atoms with E-state index in [1.165, 1.54) is 24.7 Å². The Hall–Kier alpha value is -2.32. The molecule has 0 aliphatic rings. The van der Waals surface area contributed by atoms with Crippen molar-refractivity contribution in [2.45, 2.75) is 18.7 Å². The van der Waals surface area contributed by atoms with Crippen LogP contribution in [0.3, 0.4) is 0 Å². The molecule has 0 fully saturated rings. The standard InChI is InChI=1S/C13H14N4O3S/c1-9-3-4-10(2)12(7-9)21(19,20)17-16-13(18)11-8-14-5-6-15-11/h3-8,17H,1-2H3,(H,16,18). The van der Waals surface area contributed by atoms with Crippen LogP contribution in [0.4, 0.5) is 0 Å². The minimum absolute atomic E-state index is 0.0150. The van der Waals surface area contributed by atoms with E-state index in [0.29, 0.717) is 5.56 Å². The van der Waals surface area contributed by atoms with Crippen LogP contribution in [0.1, 0.15) is 21.6 Å². The molecule has 1 heterocycles. The van der Waals surface area contributed by atoms with Crippen molar-refractivity contribution in [3.8, 4) is 0 Å². The van der Waals surface area contributed by atoms with Gasteiger partial charge in [-0.3, -0.25) is 15.2 Å². The molecule has 110 valence electrons. The Morgan fingerprint density at radius 2 is 1.95 bits per heavy atom. The zero-order valence-corrected chi connectivity index (χ0v) is 12.3. The van der Waals surface area contributed by atoms with Crippen molar-refractivity contribution >= 4 is 15.9 Å². The van der Waals surface area contributed by atoms with E-state index in [1.54, 1.807) is 19.9 Å². The molecular formula is C13H14N4O3S. The van der Waals surface area contributed by atoms with Crippen LogP contribution in [-0.2, 0) is 10.0 Å². The maximum Gasteiger partial charge on any atom is 0.286 e. The van der Waals surface area contributed by atoms with Gasteiger partial charge in [0.1, 0.15) is 5.69 Å². The van der Waals surface area contributed by atoms with Gasteiger partial charge in [0.25, 0.3) is 15.9 Å². The van der Waals surface area contributed by atoms with Crippen LogP contribution in [0.5, 0.6) is 0 Å². The molecule has 0 saturated carbocycles. The highest BCUT2D eigenvalue weighted by Gasteiger charge is 2.18. The first-order chi connectivity index (χ1) is 9.90. The van der Waals surface area contributed by atoms with Crippen molar-refractivity contribution in [3.63, 3.8) is 0 Å². The van der Waals surface area contributed by atoms with Gasteiger partial charge in [0.05, 0.1) is 11.1 Å². The second kappa shape index (κ2) is 5.98. The third-order valence-electron chi connectivity index (χ3n) is 2.73. The normalized spacial score (nSPS) is 11.1.